The Bertz CT molecular complexity index is 864. The molecule has 2 aromatic rings. The van der Waals surface area contributed by atoms with Gasteiger partial charge in [-0.3, -0.25) is 4.99 Å². The minimum atomic E-state index is -4.38. The van der Waals surface area contributed by atoms with Crippen molar-refractivity contribution >= 4 is 29.9 Å². The number of ether oxygens (including phenoxy) is 2. The monoisotopic (exact) mass is 536 g/mol. The molecule has 0 radical (unpaired) electrons. The summed E-state index contributed by atoms with van der Waals surface area (Å²) in [6.07, 6.45) is -3.21. The molecule has 1 aliphatic rings. The van der Waals surface area contributed by atoms with E-state index >= 15 is 0 Å². The number of nitrogens with zero attached hydrogens (tertiary/aromatic N) is 3. The molecule has 1 fully saturated rings. The summed E-state index contributed by atoms with van der Waals surface area (Å²) in [6, 6.07) is 8.98. The number of hydrogen-bond acceptors (Lipinski definition) is 4. The fraction of sp³-hybridized carbons (Fsp3) is 0.400. The van der Waals surface area contributed by atoms with Crippen LogP contribution in [0.5, 0.6) is 5.88 Å². The summed E-state index contributed by atoms with van der Waals surface area (Å²) < 4.78 is 50.1. The lowest BCUT2D eigenvalue weighted by molar-refractivity contribution is -0.137. The highest BCUT2D eigenvalue weighted by Gasteiger charge is 2.32. The highest BCUT2D eigenvalue weighted by atomic mass is 127. The maximum Gasteiger partial charge on any atom is 0.416 e. The van der Waals surface area contributed by atoms with Gasteiger partial charge in [0, 0.05) is 31.9 Å². The number of guanidine groups is 1. The molecule has 1 unspecified atom stereocenters. The molecule has 30 heavy (non-hydrogen) atoms. The SMILES string of the molecule is CN=C(NCc1cccnc1OC)N1CCOC(c2cccc(C(F)(F)F)c2)C1.I. The van der Waals surface area contributed by atoms with Gasteiger partial charge in [0.15, 0.2) is 5.96 Å². The Labute approximate surface area is 190 Å². The second-order valence-electron chi connectivity index (χ2n) is 6.50. The second kappa shape index (κ2) is 10.8. The molecule has 164 valence electrons. The molecule has 1 aromatic heterocycles. The average molecular weight is 536 g/mol. The van der Waals surface area contributed by atoms with Crippen molar-refractivity contribution in [3.05, 3.63) is 59.3 Å². The molecule has 0 saturated carbocycles. The van der Waals surface area contributed by atoms with Crippen molar-refractivity contribution in [1.82, 2.24) is 15.2 Å². The third kappa shape index (κ3) is 5.97. The van der Waals surface area contributed by atoms with Crippen molar-refractivity contribution in [2.45, 2.75) is 18.8 Å². The van der Waals surface area contributed by atoms with E-state index in [-0.39, 0.29) is 24.0 Å². The van der Waals surface area contributed by atoms with Crippen LogP contribution in [0.2, 0.25) is 0 Å². The van der Waals surface area contributed by atoms with E-state index in [1.54, 1.807) is 26.4 Å². The molecule has 1 aromatic carbocycles. The van der Waals surface area contributed by atoms with Crippen LogP contribution in [0, 0.1) is 0 Å². The highest BCUT2D eigenvalue weighted by molar-refractivity contribution is 14.0. The highest BCUT2D eigenvalue weighted by Crippen LogP contribution is 2.32. The van der Waals surface area contributed by atoms with Gasteiger partial charge in [0.05, 0.1) is 25.8 Å². The summed E-state index contributed by atoms with van der Waals surface area (Å²) in [6.45, 7) is 1.82. The Morgan fingerprint density at radius 1 is 1.33 bits per heavy atom. The van der Waals surface area contributed by atoms with Gasteiger partial charge >= 0.3 is 6.18 Å². The fourth-order valence-electron chi connectivity index (χ4n) is 3.21. The predicted octanol–water partition coefficient (Wildman–Crippen LogP) is 3.88. The number of aromatic nitrogens is 1. The molecular formula is C20H24F3IN4O2. The van der Waals surface area contributed by atoms with E-state index in [1.807, 2.05) is 17.0 Å². The smallest absolute Gasteiger partial charge is 0.416 e. The number of morpholine rings is 1. The first-order chi connectivity index (χ1) is 13.9. The summed E-state index contributed by atoms with van der Waals surface area (Å²) in [5.41, 5.74) is 0.689. The number of benzene rings is 1. The average Bonchev–Trinajstić information content (AvgIpc) is 2.74. The zero-order chi connectivity index (χ0) is 20.9. The molecular weight excluding hydrogens is 512 g/mol. The number of hydrogen-bond donors (Lipinski definition) is 1. The molecule has 6 nitrogen and oxygen atoms in total. The van der Waals surface area contributed by atoms with Crippen LogP contribution < -0.4 is 10.1 Å². The van der Waals surface area contributed by atoms with Crippen molar-refractivity contribution in [3.63, 3.8) is 0 Å². The first kappa shape index (κ1) is 24.2. The van der Waals surface area contributed by atoms with E-state index in [0.717, 1.165) is 17.7 Å². The van der Waals surface area contributed by atoms with E-state index < -0.39 is 17.8 Å². The number of alkyl halides is 3. The van der Waals surface area contributed by atoms with Crippen molar-refractivity contribution in [3.8, 4) is 5.88 Å². The van der Waals surface area contributed by atoms with Crippen molar-refractivity contribution in [2.75, 3.05) is 33.9 Å². The molecule has 1 aliphatic heterocycles. The van der Waals surface area contributed by atoms with E-state index in [2.05, 4.69) is 15.3 Å². The predicted molar refractivity (Wildman–Crippen MR) is 118 cm³/mol. The van der Waals surface area contributed by atoms with E-state index in [4.69, 9.17) is 9.47 Å². The molecule has 10 heteroatoms. The minimum Gasteiger partial charge on any atom is -0.481 e. The lowest BCUT2D eigenvalue weighted by Crippen LogP contribution is -2.48. The molecule has 0 spiro atoms. The molecule has 2 heterocycles. The lowest BCUT2D eigenvalue weighted by atomic mass is 10.0. The maximum atomic E-state index is 13.0. The Hall–Kier alpha value is -2.08. The van der Waals surface area contributed by atoms with Crippen LogP contribution in [0.4, 0.5) is 13.2 Å². The zero-order valence-electron chi connectivity index (χ0n) is 16.6. The first-order valence-electron chi connectivity index (χ1n) is 9.14. The van der Waals surface area contributed by atoms with Gasteiger partial charge in [0.25, 0.3) is 0 Å². The molecule has 3 rings (SSSR count). The lowest BCUT2D eigenvalue weighted by Gasteiger charge is -2.35. The number of aliphatic imine (C=N–C) groups is 1. The minimum absolute atomic E-state index is 0. The normalized spacial score (nSPS) is 17.3. The van der Waals surface area contributed by atoms with Gasteiger partial charge < -0.3 is 19.7 Å². The number of halogens is 4. The van der Waals surface area contributed by atoms with E-state index in [0.29, 0.717) is 43.6 Å². The summed E-state index contributed by atoms with van der Waals surface area (Å²) >= 11 is 0. The van der Waals surface area contributed by atoms with Crippen LogP contribution in [0.15, 0.2) is 47.6 Å². The van der Waals surface area contributed by atoms with Crippen molar-refractivity contribution in [2.24, 2.45) is 4.99 Å². The van der Waals surface area contributed by atoms with Gasteiger partial charge in [0.2, 0.25) is 5.88 Å². The summed E-state index contributed by atoms with van der Waals surface area (Å²) in [5, 5.41) is 3.26. The largest absolute Gasteiger partial charge is 0.481 e. The van der Waals surface area contributed by atoms with Gasteiger partial charge in [-0.2, -0.15) is 13.2 Å². The second-order valence-corrected chi connectivity index (χ2v) is 6.50. The molecule has 1 atom stereocenters. The topological polar surface area (TPSA) is 59.0 Å². The van der Waals surface area contributed by atoms with Crippen LogP contribution >= 0.6 is 24.0 Å². The number of pyridine rings is 1. The van der Waals surface area contributed by atoms with Crippen molar-refractivity contribution < 1.29 is 22.6 Å². The number of rotatable bonds is 4. The zero-order valence-corrected chi connectivity index (χ0v) is 19.0. The van der Waals surface area contributed by atoms with Gasteiger partial charge in [0.1, 0.15) is 6.10 Å². The van der Waals surface area contributed by atoms with Crippen LogP contribution in [-0.4, -0.2) is 49.7 Å². The molecule has 1 saturated heterocycles. The van der Waals surface area contributed by atoms with Crippen LogP contribution in [-0.2, 0) is 17.5 Å². The standard InChI is InChI=1S/C20H23F3N4O2.HI/c1-24-19(26-12-15-6-4-8-25-18(15)28-2)27-9-10-29-17(13-27)14-5-3-7-16(11-14)20(21,22)23;/h3-8,11,17H,9-10,12-13H2,1-2H3,(H,24,26);1H. The molecule has 0 amide bonds. The van der Waals surface area contributed by atoms with Gasteiger partial charge in [-0.05, 0) is 23.8 Å². The van der Waals surface area contributed by atoms with Crippen LogP contribution in [0.3, 0.4) is 0 Å². The van der Waals surface area contributed by atoms with Gasteiger partial charge in [-0.15, -0.1) is 24.0 Å². The van der Waals surface area contributed by atoms with Crippen molar-refractivity contribution in [1.29, 1.82) is 0 Å². The number of methoxy groups -OCH3 is 1. The number of nitrogens with one attached hydrogen (secondary N) is 1. The Morgan fingerprint density at radius 3 is 2.83 bits per heavy atom. The van der Waals surface area contributed by atoms with Crippen LogP contribution in [0.25, 0.3) is 0 Å². The molecule has 0 aliphatic carbocycles. The summed E-state index contributed by atoms with van der Waals surface area (Å²) in [7, 11) is 3.22. The first-order valence-corrected chi connectivity index (χ1v) is 9.14. The van der Waals surface area contributed by atoms with E-state index in [1.165, 1.54) is 6.07 Å². The summed E-state index contributed by atoms with van der Waals surface area (Å²) in [4.78, 5) is 10.4. The van der Waals surface area contributed by atoms with E-state index in [9.17, 15) is 13.2 Å². The van der Waals surface area contributed by atoms with Gasteiger partial charge in [-0.25, -0.2) is 4.98 Å². The Morgan fingerprint density at radius 2 is 2.13 bits per heavy atom. The quantitative estimate of drug-likeness (QED) is 0.366. The third-order valence-electron chi connectivity index (χ3n) is 4.64. The van der Waals surface area contributed by atoms with Gasteiger partial charge in [-0.1, -0.05) is 18.2 Å². The van der Waals surface area contributed by atoms with Crippen LogP contribution in [0.1, 0.15) is 22.8 Å². The molecule has 1 N–H and O–H groups in total. The summed E-state index contributed by atoms with van der Waals surface area (Å²) in [5.74, 6) is 1.16. The fourth-order valence-corrected chi connectivity index (χ4v) is 3.21. The maximum absolute atomic E-state index is 13.0. The Kier molecular flexibility index (Phi) is 8.71. The molecule has 0 bridgehead atoms. The Balaban J connectivity index is 0.00000320. The third-order valence-corrected chi connectivity index (χ3v) is 4.64.